The number of hydrogen-bond acceptors (Lipinski definition) is 2. The van der Waals surface area contributed by atoms with Crippen LogP contribution in [0.5, 0.6) is 5.75 Å². The minimum Gasteiger partial charge on any atom is -0.497 e. The van der Waals surface area contributed by atoms with Gasteiger partial charge in [-0.15, -0.1) is 0 Å². The maximum absolute atomic E-state index is 6.03. The van der Waals surface area contributed by atoms with Crippen LogP contribution in [0.15, 0.2) is 54.6 Å². The van der Waals surface area contributed by atoms with Crippen molar-refractivity contribution >= 4 is 0 Å². The highest BCUT2D eigenvalue weighted by molar-refractivity contribution is 5.27. The van der Waals surface area contributed by atoms with Crippen molar-refractivity contribution in [2.75, 3.05) is 7.11 Å². The summed E-state index contributed by atoms with van der Waals surface area (Å²) in [6.07, 6.45) is 0. The lowest BCUT2D eigenvalue weighted by molar-refractivity contribution is -0.0337. The molecule has 2 aromatic rings. The number of ether oxygens (including phenoxy) is 2. The fourth-order valence-corrected chi connectivity index (χ4v) is 1.91. The van der Waals surface area contributed by atoms with Gasteiger partial charge in [-0.05, 0) is 37.1 Å². The molecule has 0 aliphatic rings. The van der Waals surface area contributed by atoms with Gasteiger partial charge in [0.2, 0.25) is 0 Å². The second-order valence-electron chi connectivity index (χ2n) is 5.01. The highest BCUT2D eigenvalue weighted by Gasteiger charge is 2.20. The monoisotopic (exact) mass is 256 g/mol. The maximum atomic E-state index is 6.03. The number of methoxy groups -OCH3 is 1. The van der Waals surface area contributed by atoms with Crippen LogP contribution in [0.1, 0.15) is 25.0 Å². The Hall–Kier alpha value is -1.80. The molecule has 0 saturated carbocycles. The van der Waals surface area contributed by atoms with E-state index in [1.807, 2.05) is 42.5 Å². The number of benzene rings is 2. The molecule has 0 bridgehead atoms. The van der Waals surface area contributed by atoms with Crippen molar-refractivity contribution in [2.45, 2.75) is 26.1 Å². The van der Waals surface area contributed by atoms with Crippen LogP contribution in [-0.4, -0.2) is 7.11 Å². The first kappa shape index (κ1) is 13.6. The zero-order chi connectivity index (χ0) is 13.7. The van der Waals surface area contributed by atoms with Crippen LogP contribution in [0.2, 0.25) is 0 Å². The van der Waals surface area contributed by atoms with E-state index in [0.29, 0.717) is 6.61 Å². The van der Waals surface area contributed by atoms with E-state index in [9.17, 15) is 0 Å². The van der Waals surface area contributed by atoms with Gasteiger partial charge in [0.25, 0.3) is 0 Å². The van der Waals surface area contributed by atoms with Crippen LogP contribution >= 0.6 is 0 Å². The summed E-state index contributed by atoms with van der Waals surface area (Å²) in [7, 11) is 1.67. The van der Waals surface area contributed by atoms with Crippen LogP contribution in [0.25, 0.3) is 0 Å². The second kappa shape index (κ2) is 5.89. The molecule has 0 aliphatic carbocycles. The highest BCUT2D eigenvalue weighted by atomic mass is 16.5. The van der Waals surface area contributed by atoms with Crippen molar-refractivity contribution in [3.05, 3.63) is 65.7 Å². The van der Waals surface area contributed by atoms with E-state index in [4.69, 9.17) is 9.47 Å². The predicted molar refractivity (Wildman–Crippen MR) is 77.3 cm³/mol. The third kappa shape index (κ3) is 3.58. The fourth-order valence-electron chi connectivity index (χ4n) is 1.91. The first-order valence-corrected chi connectivity index (χ1v) is 6.44. The fraction of sp³-hybridized carbons (Fsp3) is 0.294. The van der Waals surface area contributed by atoms with Gasteiger partial charge in [-0.2, -0.15) is 0 Å². The average Bonchev–Trinajstić information content (AvgIpc) is 2.47. The van der Waals surface area contributed by atoms with Gasteiger partial charge in [0.05, 0.1) is 19.3 Å². The molecule has 0 aliphatic heterocycles. The minimum absolute atomic E-state index is 0.290. The Balaban J connectivity index is 2.01. The minimum atomic E-state index is -0.290. The lowest BCUT2D eigenvalue weighted by Crippen LogP contribution is -2.21. The van der Waals surface area contributed by atoms with Crippen molar-refractivity contribution in [1.29, 1.82) is 0 Å². The third-order valence-corrected chi connectivity index (χ3v) is 3.23. The molecule has 0 unspecified atom stereocenters. The van der Waals surface area contributed by atoms with Crippen LogP contribution in [0, 0.1) is 0 Å². The van der Waals surface area contributed by atoms with E-state index in [-0.39, 0.29) is 5.60 Å². The average molecular weight is 256 g/mol. The molecule has 100 valence electrons. The van der Waals surface area contributed by atoms with Crippen molar-refractivity contribution < 1.29 is 9.47 Å². The van der Waals surface area contributed by atoms with Crippen molar-refractivity contribution in [3.8, 4) is 5.75 Å². The van der Waals surface area contributed by atoms with Crippen LogP contribution in [0.3, 0.4) is 0 Å². The van der Waals surface area contributed by atoms with Crippen LogP contribution in [0.4, 0.5) is 0 Å². The first-order valence-electron chi connectivity index (χ1n) is 6.44. The first-order chi connectivity index (χ1) is 9.12. The summed E-state index contributed by atoms with van der Waals surface area (Å²) in [5.41, 5.74) is 2.04. The summed E-state index contributed by atoms with van der Waals surface area (Å²) in [5.74, 6) is 0.867. The summed E-state index contributed by atoms with van der Waals surface area (Å²) < 4.78 is 11.2. The highest BCUT2D eigenvalue weighted by Crippen LogP contribution is 2.26. The molecule has 0 radical (unpaired) electrons. The molecular formula is C17H20O2. The molecule has 0 atom stereocenters. The topological polar surface area (TPSA) is 18.5 Å². The van der Waals surface area contributed by atoms with E-state index in [1.54, 1.807) is 7.11 Å². The Morgan fingerprint density at radius 2 is 1.53 bits per heavy atom. The number of hydrogen-bond donors (Lipinski definition) is 0. The third-order valence-electron chi connectivity index (χ3n) is 3.23. The zero-order valence-electron chi connectivity index (χ0n) is 11.7. The van der Waals surface area contributed by atoms with Gasteiger partial charge in [0.15, 0.2) is 0 Å². The summed E-state index contributed by atoms with van der Waals surface area (Å²) in [4.78, 5) is 0. The molecule has 2 nitrogen and oxygen atoms in total. The number of rotatable bonds is 5. The molecule has 0 spiro atoms. The molecule has 19 heavy (non-hydrogen) atoms. The summed E-state index contributed by atoms with van der Waals surface area (Å²) in [6.45, 7) is 4.77. The molecular weight excluding hydrogens is 236 g/mol. The molecule has 2 aromatic carbocycles. The normalized spacial score (nSPS) is 11.3. The predicted octanol–water partition coefficient (Wildman–Crippen LogP) is 4.15. The summed E-state index contributed by atoms with van der Waals surface area (Å²) >= 11 is 0. The largest absolute Gasteiger partial charge is 0.497 e. The van der Waals surface area contributed by atoms with Crippen LogP contribution in [-0.2, 0) is 16.9 Å². The van der Waals surface area contributed by atoms with E-state index in [0.717, 1.165) is 11.3 Å². The lowest BCUT2D eigenvalue weighted by atomic mass is 9.98. The molecule has 0 amide bonds. The van der Waals surface area contributed by atoms with E-state index in [2.05, 4.69) is 26.0 Å². The molecule has 2 rings (SSSR count). The second-order valence-corrected chi connectivity index (χ2v) is 5.01. The lowest BCUT2D eigenvalue weighted by Gasteiger charge is -2.26. The standard InChI is InChI=1S/C17H20O2/c1-17(2,15-7-5-4-6-8-15)19-13-14-9-11-16(18-3)12-10-14/h4-12H,13H2,1-3H3. The quantitative estimate of drug-likeness (QED) is 0.800. The van der Waals surface area contributed by atoms with Crippen molar-refractivity contribution in [2.24, 2.45) is 0 Å². The van der Waals surface area contributed by atoms with Gasteiger partial charge >= 0.3 is 0 Å². The molecule has 0 aromatic heterocycles. The Morgan fingerprint density at radius 1 is 0.895 bits per heavy atom. The van der Waals surface area contributed by atoms with E-state index in [1.165, 1.54) is 5.56 Å². The SMILES string of the molecule is COc1ccc(COC(C)(C)c2ccccc2)cc1. The summed E-state index contributed by atoms with van der Waals surface area (Å²) in [6, 6.07) is 18.2. The molecule has 0 heterocycles. The smallest absolute Gasteiger partial charge is 0.118 e. The Labute approximate surface area is 115 Å². The van der Waals surface area contributed by atoms with Gasteiger partial charge in [-0.3, -0.25) is 0 Å². The molecule has 0 N–H and O–H groups in total. The van der Waals surface area contributed by atoms with E-state index >= 15 is 0 Å². The van der Waals surface area contributed by atoms with E-state index < -0.39 is 0 Å². The Morgan fingerprint density at radius 3 is 2.11 bits per heavy atom. The molecule has 0 fully saturated rings. The van der Waals surface area contributed by atoms with Gasteiger partial charge in [-0.1, -0.05) is 42.5 Å². The summed E-state index contributed by atoms with van der Waals surface area (Å²) in [5, 5.41) is 0. The van der Waals surface area contributed by atoms with Crippen molar-refractivity contribution in [3.63, 3.8) is 0 Å². The zero-order valence-corrected chi connectivity index (χ0v) is 11.7. The Kier molecular flexibility index (Phi) is 4.23. The van der Waals surface area contributed by atoms with Gasteiger partial charge < -0.3 is 9.47 Å². The van der Waals surface area contributed by atoms with Crippen LogP contribution < -0.4 is 4.74 Å². The van der Waals surface area contributed by atoms with Gasteiger partial charge in [0.1, 0.15) is 5.75 Å². The molecule has 2 heteroatoms. The van der Waals surface area contributed by atoms with Gasteiger partial charge in [-0.25, -0.2) is 0 Å². The van der Waals surface area contributed by atoms with Crippen molar-refractivity contribution in [1.82, 2.24) is 0 Å². The van der Waals surface area contributed by atoms with Gasteiger partial charge in [0, 0.05) is 0 Å². The maximum Gasteiger partial charge on any atom is 0.118 e. The Bertz CT molecular complexity index is 501. The molecule has 0 saturated heterocycles.